The Morgan fingerprint density at radius 2 is 2.25 bits per heavy atom. The molecule has 0 unspecified atom stereocenters. The minimum atomic E-state index is -0.306. The van der Waals surface area contributed by atoms with Crippen molar-refractivity contribution in [2.24, 2.45) is 5.73 Å². The summed E-state index contributed by atoms with van der Waals surface area (Å²) in [6, 6.07) is 5.52. The number of nitrogens with one attached hydrogen (secondary N) is 1. The van der Waals surface area contributed by atoms with E-state index in [0.29, 0.717) is 12.2 Å². The number of aromatic nitrogens is 2. The van der Waals surface area contributed by atoms with Crippen LogP contribution in [0.15, 0.2) is 36.8 Å². The highest BCUT2D eigenvalue weighted by molar-refractivity contribution is 6.02. The molecule has 1 amide bonds. The molecule has 2 aromatic rings. The summed E-state index contributed by atoms with van der Waals surface area (Å²) in [6.07, 6.45) is 4.41. The van der Waals surface area contributed by atoms with Gasteiger partial charge in [0.2, 0.25) is 0 Å². The fourth-order valence-electron chi connectivity index (χ4n) is 1.59. The molecule has 20 heavy (non-hydrogen) atoms. The number of carbonyl (C=O) groups is 1. The molecule has 0 fully saturated rings. The second-order valence-electron chi connectivity index (χ2n) is 4.08. The van der Waals surface area contributed by atoms with Crippen LogP contribution < -0.4 is 11.1 Å². The van der Waals surface area contributed by atoms with Gasteiger partial charge in [-0.2, -0.15) is 0 Å². The van der Waals surface area contributed by atoms with Gasteiger partial charge in [-0.15, -0.1) is 0 Å². The summed E-state index contributed by atoms with van der Waals surface area (Å²) in [4.78, 5) is 19.8. The predicted octanol–water partition coefficient (Wildman–Crippen LogP) is 1.35. The minimum absolute atomic E-state index is 0.266. The van der Waals surface area contributed by atoms with Crippen LogP contribution in [0.2, 0.25) is 0 Å². The molecule has 5 nitrogen and oxygen atoms in total. The first kappa shape index (κ1) is 13.7. The number of benzene rings is 1. The maximum atomic E-state index is 12.0. The summed E-state index contributed by atoms with van der Waals surface area (Å²) in [5.74, 6) is 5.47. The van der Waals surface area contributed by atoms with E-state index in [1.165, 1.54) is 18.6 Å². The lowest BCUT2D eigenvalue weighted by Gasteiger charge is -2.06. The quantitative estimate of drug-likeness (QED) is 0.804. The molecule has 0 saturated heterocycles. The predicted molar refractivity (Wildman–Crippen MR) is 77.1 cm³/mol. The lowest BCUT2D eigenvalue weighted by Crippen LogP contribution is -2.13. The molecular formula is C15H14N4O. The standard InChI is InChI=1S/C15H14N4O/c1-11-4-5-13(9-12(11)3-2-6-16)19-15(20)14-10-17-7-8-18-14/h4-5,7-10H,6,16H2,1H3,(H,19,20). The smallest absolute Gasteiger partial charge is 0.275 e. The van der Waals surface area contributed by atoms with E-state index in [4.69, 9.17) is 5.73 Å². The number of amides is 1. The highest BCUT2D eigenvalue weighted by Gasteiger charge is 2.07. The van der Waals surface area contributed by atoms with Gasteiger partial charge in [-0.1, -0.05) is 17.9 Å². The summed E-state index contributed by atoms with van der Waals surface area (Å²) in [6.45, 7) is 2.25. The van der Waals surface area contributed by atoms with Crippen LogP contribution in [0.3, 0.4) is 0 Å². The third-order valence-electron chi connectivity index (χ3n) is 2.62. The Morgan fingerprint density at radius 3 is 2.95 bits per heavy atom. The van der Waals surface area contributed by atoms with Crippen molar-refractivity contribution in [3.63, 3.8) is 0 Å². The molecule has 0 aliphatic heterocycles. The third kappa shape index (κ3) is 3.40. The first-order valence-electron chi connectivity index (χ1n) is 6.07. The first-order chi connectivity index (χ1) is 9.70. The van der Waals surface area contributed by atoms with Crippen molar-refractivity contribution in [3.05, 3.63) is 53.6 Å². The number of hydrogen-bond acceptors (Lipinski definition) is 4. The van der Waals surface area contributed by atoms with Gasteiger partial charge in [0.1, 0.15) is 5.69 Å². The molecule has 0 spiro atoms. The molecule has 3 N–H and O–H groups in total. The topological polar surface area (TPSA) is 80.9 Å². The maximum absolute atomic E-state index is 12.0. The van der Waals surface area contributed by atoms with Crippen LogP contribution in [-0.4, -0.2) is 22.4 Å². The van der Waals surface area contributed by atoms with E-state index in [0.717, 1.165) is 11.1 Å². The van der Waals surface area contributed by atoms with Crippen molar-refractivity contribution in [3.8, 4) is 11.8 Å². The van der Waals surface area contributed by atoms with E-state index in [2.05, 4.69) is 27.1 Å². The van der Waals surface area contributed by atoms with Gasteiger partial charge >= 0.3 is 0 Å². The van der Waals surface area contributed by atoms with Crippen molar-refractivity contribution in [2.75, 3.05) is 11.9 Å². The molecule has 5 heteroatoms. The highest BCUT2D eigenvalue weighted by atomic mass is 16.1. The zero-order valence-corrected chi connectivity index (χ0v) is 11.1. The van der Waals surface area contributed by atoms with Crippen LogP contribution in [0.25, 0.3) is 0 Å². The summed E-state index contributed by atoms with van der Waals surface area (Å²) in [7, 11) is 0. The van der Waals surface area contributed by atoms with Gasteiger partial charge < -0.3 is 11.1 Å². The number of nitrogens with zero attached hydrogens (tertiary/aromatic N) is 2. The normalized spacial score (nSPS) is 9.50. The molecule has 0 aliphatic carbocycles. The van der Waals surface area contributed by atoms with Crippen molar-refractivity contribution < 1.29 is 4.79 Å². The van der Waals surface area contributed by atoms with E-state index < -0.39 is 0 Å². The maximum Gasteiger partial charge on any atom is 0.275 e. The van der Waals surface area contributed by atoms with Crippen molar-refractivity contribution in [1.82, 2.24) is 9.97 Å². The summed E-state index contributed by atoms with van der Waals surface area (Å²) < 4.78 is 0. The van der Waals surface area contributed by atoms with Gasteiger partial charge in [-0.3, -0.25) is 9.78 Å². The molecule has 0 saturated carbocycles. The third-order valence-corrected chi connectivity index (χ3v) is 2.62. The molecule has 1 heterocycles. The molecule has 1 aromatic heterocycles. The largest absolute Gasteiger partial charge is 0.321 e. The number of hydrogen-bond donors (Lipinski definition) is 2. The van der Waals surface area contributed by atoms with Gasteiger partial charge in [-0.05, 0) is 24.6 Å². The van der Waals surface area contributed by atoms with E-state index in [1.807, 2.05) is 25.1 Å². The zero-order chi connectivity index (χ0) is 14.4. The van der Waals surface area contributed by atoms with E-state index in [1.54, 1.807) is 0 Å². The van der Waals surface area contributed by atoms with Gasteiger partial charge in [0, 0.05) is 23.6 Å². The minimum Gasteiger partial charge on any atom is -0.321 e. The monoisotopic (exact) mass is 266 g/mol. The Kier molecular flexibility index (Phi) is 4.43. The number of rotatable bonds is 2. The van der Waals surface area contributed by atoms with Crippen molar-refractivity contribution in [2.45, 2.75) is 6.92 Å². The second-order valence-corrected chi connectivity index (χ2v) is 4.08. The summed E-state index contributed by atoms with van der Waals surface area (Å²) in [5.41, 5.74) is 8.16. The van der Waals surface area contributed by atoms with Crippen LogP contribution >= 0.6 is 0 Å². The lowest BCUT2D eigenvalue weighted by molar-refractivity contribution is 0.102. The number of carbonyl (C=O) groups excluding carboxylic acids is 1. The lowest BCUT2D eigenvalue weighted by atomic mass is 10.1. The molecule has 1 aromatic carbocycles. The Morgan fingerprint density at radius 1 is 1.40 bits per heavy atom. The molecule has 0 atom stereocenters. The van der Waals surface area contributed by atoms with Crippen molar-refractivity contribution >= 4 is 11.6 Å². The van der Waals surface area contributed by atoms with Gasteiger partial charge in [0.05, 0.1) is 12.7 Å². The van der Waals surface area contributed by atoms with E-state index in [9.17, 15) is 4.79 Å². The average molecular weight is 266 g/mol. The molecule has 0 radical (unpaired) electrons. The number of nitrogens with two attached hydrogens (primary N) is 1. The van der Waals surface area contributed by atoms with Gasteiger partial charge in [0.25, 0.3) is 5.91 Å². The van der Waals surface area contributed by atoms with E-state index >= 15 is 0 Å². The molecular weight excluding hydrogens is 252 g/mol. The van der Waals surface area contributed by atoms with Crippen molar-refractivity contribution in [1.29, 1.82) is 0 Å². The molecule has 0 aliphatic rings. The van der Waals surface area contributed by atoms with Crippen LogP contribution in [-0.2, 0) is 0 Å². The second kappa shape index (κ2) is 6.45. The Labute approximate surface area is 117 Å². The van der Waals surface area contributed by atoms with Crippen LogP contribution in [0.5, 0.6) is 0 Å². The summed E-state index contributed by atoms with van der Waals surface area (Å²) >= 11 is 0. The molecule has 2 rings (SSSR count). The van der Waals surface area contributed by atoms with E-state index in [-0.39, 0.29) is 11.6 Å². The van der Waals surface area contributed by atoms with Crippen LogP contribution in [0, 0.1) is 18.8 Å². The Bertz CT molecular complexity index is 671. The first-order valence-corrected chi connectivity index (χ1v) is 6.07. The Balaban J connectivity index is 2.20. The van der Waals surface area contributed by atoms with Gasteiger partial charge in [0.15, 0.2) is 0 Å². The SMILES string of the molecule is Cc1ccc(NC(=O)c2cnccn2)cc1C#CCN. The van der Waals surface area contributed by atoms with Crippen LogP contribution in [0.1, 0.15) is 21.6 Å². The van der Waals surface area contributed by atoms with Gasteiger partial charge in [-0.25, -0.2) is 4.98 Å². The zero-order valence-electron chi connectivity index (χ0n) is 11.1. The summed E-state index contributed by atoms with van der Waals surface area (Å²) in [5, 5.41) is 2.76. The average Bonchev–Trinajstić information content (AvgIpc) is 2.48. The van der Waals surface area contributed by atoms with Crippen LogP contribution in [0.4, 0.5) is 5.69 Å². The molecule has 0 bridgehead atoms. The fraction of sp³-hybridized carbons (Fsp3) is 0.133. The highest BCUT2D eigenvalue weighted by Crippen LogP contribution is 2.15. The fourth-order valence-corrected chi connectivity index (χ4v) is 1.59. The number of anilines is 1. The molecule has 100 valence electrons. The number of aryl methyl sites for hydroxylation is 1. The Hall–Kier alpha value is -2.71.